The van der Waals surface area contributed by atoms with Crippen LogP contribution < -0.4 is 5.32 Å². The molecule has 7 nitrogen and oxygen atoms in total. The predicted octanol–water partition coefficient (Wildman–Crippen LogP) is 1.58. The Bertz CT molecular complexity index is 919. The van der Waals surface area contributed by atoms with Crippen molar-refractivity contribution >= 4 is 5.91 Å². The van der Waals surface area contributed by atoms with Crippen molar-refractivity contribution in [1.82, 2.24) is 29.7 Å². The molecule has 1 N–H and O–H groups in total. The Labute approximate surface area is 155 Å². The Morgan fingerprint density at radius 2 is 1.89 bits per heavy atom. The topological polar surface area (TPSA) is 75.9 Å². The highest BCUT2D eigenvalue weighted by molar-refractivity contribution is 5.80. The van der Waals surface area contributed by atoms with Crippen molar-refractivity contribution in [1.29, 1.82) is 0 Å². The number of carbonyl (C=O) groups excluding carboxylic acids is 1. The van der Waals surface area contributed by atoms with E-state index >= 15 is 0 Å². The van der Waals surface area contributed by atoms with Gasteiger partial charge in [-0.15, -0.1) is 0 Å². The van der Waals surface area contributed by atoms with Crippen LogP contribution >= 0.6 is 0 Å². The van der Waals surface area contributed by atoms with Gasteiger partial charge in [0.05, 0.1) is 23.4 Å². The van der Waals surface area contributed by atoms with Crippen molar-refractivity contribution < 1.29 is 9.18 Å². The van der Waals surface area contributed by atoms with Crippen molar-refractivity contribution in [2.75, 3.05) is 26.2 Å². The second-order valence-corrected chi connectivity index (χ2v) is 6.30. The molecule has 1 aliphatic rings. The number of nitrogens with zero attached hydrogens (tertiary/aromatic N) is 5. The molecule has 1 aromatic carbocycles. The van der Waals surface area contributed by atoms with Crippen LogP contribution in [-0.4, -0.2) is 56.5 Å². The summed E-state index contributed by atoms with van der Waals surface area (Å²) in [6, 6.07) is 7.90. The lowest BCUT2D eigenvalue weighted by atomic mass is 10.1. The van der Waals surface area contributed by atoms with Gasteiger partial charge in [-0.3, -0.25) is 4.79 Å². The van der Waals surface area contributed by atoms with E-state index in [1.165, 1.54) is 18.5 Å². The number of nitrogens with one attached hydrogen (secondary N) is 1. The summed E-state index contributed by atoms with van der Waals surface area (Å²) in [7, 11) is 0. The van der Waals surface area contributed by atoms with Crippen molar-refractivity contribution in [2.45, 2.75) is 6.54 Å². The molecule has 1 fully saturated rings. The quantitative estimate of drug-likeness (QED) is 0.759. The minimum atomic E-state index is -0.310. The fourth-order valence-electron chi connectivity index (χ4n) is 3.18. The van der Waals surface area contributed by atoms with Crippen LogP contribution in [0.15, 0.2) is 49.2 Å². The fraction of sp³-hybridized carbons (Fsp3) is 0.263. The first-order chi connectivity index (χ1) is 13.2. The summed E-state index contributed by atoms with van der Waals surface area (Å²) in [6.45, 7) is 3.17. The van der Waals surface area contributed by atoms with Crippen molar-refractivity contribution in [2.24, 2.45) is 0 Å². The van der Waals surface area contributed by atoms with E-state index in [9.17, 15) is 9.18 Å². The zero-order valence-electron chi connectivity index (χ0n) is 14.7. The van der Waals surface area contributed by atoms with E-state index in [1.807, 2.05) is 4.90 Å². The van der Waals surface area contributed by atoms with Gasteiger partial charge in [0.15, 0.2) is 0 Å². The van der Waals surface area contributed by atoms with Gasteiger partial charge in [-0.2, -0.15) is 0 Å². The molecule has 3 aromatic rings. The average Bonchev–Trinajstić information content (AvgIpc) is 3.13. The number of carbonyl (C=O) groups is 1. The zero-order chi connectivity index (χ0) is 18.6. The highest BCUT2D eigenvalue weighted by atomic mass is 19.1. The molecular formula is C19H19FN6O. The van der Waals surface area contributed by atoms with Crippen LogP contribution in [0.5, 0.6) is 0 Å². The average molecular weight is 366 g/mol. The third kappa shape index (κ3) is 3.70. The Kier molecular flexibility index (Phi) is 4.88. The molecule has 4 rings (SSSR count). The lowest BCUT2D eigenvalue weighted by Gasteiger charge is -2.27. The van der Waals surface area contributed by atoms with E-state index in [2.05, 4.69) is 20.3 Å². The summed E-state index contributed by atoms with van der Waals surface area (Å²) in [5.74, 6) is -0.273. The molecule has 138 valence electrons. The molecule has 0 aliphatic carbocycles. The molecular weight excluding hydrogens is 347 g/mol. The Morgan fingerprint density at radius 1 is 1.11 bits per heavy atom. The van der Waals surface area contributed by atoms with Gasteiger partial charge in [-0.25, -0.2) is 19.3 Å². The molecule has 2 aromatic heterocycles. The number of benzene rings is 1. The standard InChI is InChI=1S/C19H19FN6O/c20-15-3-1-14(2-4-15)18-19(16-5-6-22-12-23-16)26(13-24-18)11-17(27)25-9-7-21-8-10-25/h1-6,12-13,21H,7-11H2. The maximum atomic E-state index is 13.3. The SMILES string of the molecule is O=C(Cn1cnc(-c2ccc(F)cc2)c1-c1ccncn1)N1CCNCC1. The van der Waals surface area contributed by atoms with Crippen LogP contribution in [0.3, 0.4) is 0 Å². The zero-order valence-corrected chi connectivity index (χ0v) is 14.7. The molecule has 0 spiro atoms. The van der Waals surface area contributed by atoms with Crippen LogP contribution in [0.1, 0.15) is 0 Å². The highest BCUT2D eigenvalue weighted by Crippen LogP contribution is 2.30. The molecule has 0 atom stereocenters. The van der Waals surface area contributed by atoms with Gasteiger partial charge < -0.3 is 14.8 Å². The van der Waals surface area contributed by atoms with Gasteiger partial charge in [0.2, 0.25) is 5.91 Å². The van der Waals surface area contributed by atoms with E-state index in [-0.39, 0.29) is 18.3 Å². The predicted molar refractivity (Wildman–Crippen MR) is 98.1 cm³/mol. The highest BCUT2D eigenvalue weighted by Gasteiger charge is 2.21. The Hall–Kier alpha value is -3.13. The van der Waals surface area contributed by atoms with E-state index in [0.29, 0.717) is 30.2 Å². The number of piperazine rings is 1. The van der Waals surface area contributed by atoms with Gasteiger partial charge in [-0.05, 0) is 30.3 Å². The largest absolute Gasteiger partial charge is 0.339 e. The molecule has 0 saturated carbocycles. The number of amides is 1. The van der Waals surface area contributed by atoms with Gasteiger partial charge in [-0.1, -0.05) is 0 Å². The van der Waals surface area contributed by atoms with Crippen LogP contribution in [0, 0.1) is 5.82 Å². The molecule has 3 heterocycles. The summed E-state index contributed by atoms with van der Waals surface area (Å²) in [6.07, 6.45) is 4.74. The minimum Gasteiger partial charge on any atom is -0.339 e. The molecule has 0 radical (unpaired) electrons. The number of hydrogen-bond donors (Lipinski definition) is 1. The van der Waals surface area contributed by atoms with Crippen LogP contribution in [-0.2, 0) is 11.3 Å². The van der Waals surface area contributed by atoms with Crippen LogP contribution in [0.25, 0.3) is 22.6 Å². The molecule has 8 heteroatoms. The number of hydrogen-bond acceptors (Lipinski definition) is 5. The third-order valence-electron chi connectivity index (χ3n) is 4.56. The van der Waals surface area contributed by atoms with Gasteiger partial charge in [0.1, 0.15) is 18.7 Å². The summed E-state index contributed by atoms with van der Waals surface area (Å²) in [5, 5.41) is 3.24. The molecule has 27 heavy (non-hydrogen) atoms. The first kappa shape index (κ1) is 17.3. The maximum absolute atomic E-state index is 13.3. The Balaban J connectivity index is 1.71. The fourth-order valence-corrected chi connectivity index (χ4v) is 3.18. The van der Waals surface area contributed by atoms with Crippen molar-refractivity contribution in [3.05, 3.63) is 55.0 Å². The number of rotatable bonds is 4. The van der Waals surface area contributed by atoms with Crippen LogP contribution in [0.4, 0.5) is 4.39 Å². The first-order valence-electron chi connectivity index (χ1n) is 8.78. The summed E-state index contributed by atoms with van der Waals surface area (Å²) in [4.78, 5) is 27.3. The van der Waals surface area contributed by atoms with E-state index in [1.54, 1.807) is 35.3 Å². The summed E-state index contributed by atoms with van der Waals surface area (Å²) < 4.78 is 15.1. The third-order valence-corrected chi connectivity index (χ3v) is 4.56. The van der Waals surface area contributed by atoms with Gasteiger partial charge in [0.25, 0.3) is 0 Å². The summed E-state index contributed by atoms with van der Waals surface area (Å²) in [5.41, 5.74) is 2.79. The number of imidazole rings is 1. The second-order valence-electron chi connectivity index (χ2n) is 6.30. The lowest BCUT2D eigenvalue weighted by molar-refractivity contribution is -0.132. The van der Waals surface area contributed by atoms with Crippen LogP contribution in [0.2, 0.25) is 0 Å². The van der Waals surface area contributed by atoms with Gasteiger partial charge >= 0.3 is 0 Å². The molecule has 0 unspecified atom stereocenters. The smallest absolute Gasteiger partial charge is 0.242 e. The molecule has 0 bridgehead atoms. The molecule has 1 saturated heterocycles. The minimum absolute atomic E-state index is 0.0369. The van der Waals surface area contributed by atoms with Crippen molar-refractivity contribution in [3.63, 3.8) is 0 Å². The van der Waals surface area contributed by atoms with Gasteiger partial charge in [0, 0.05) is 37.9 Å². The maximum Gasteiger partial charge on any atom is 0.242 e. The number of aromatic nitrogens is 4. The Morgan fingerprint density at radius 3 is 2.59 bits per heavy atom. The summed E-state index contributed by atoms with van der Waals surface area (Å²) >= 11 is 0. The second kappa shape index (κ2) is 7.63. The monoisotopic (exact) mass is 366 g/mol. The van der Waals surface area contributed by atoms with Crippen molar-refractivity contribution in [3.8, 4) is 22.6 Å². The molecule has 1 amide bonds. The van der Waals surface area contributed by atoms with E-state index in [0.717, 1.165) is 18.7 Å². The van der Waals surface area contributed by atoms with E-state index in [4.69, 9.17) is 0 Å². The van der Waals surface area contributed by atoms with E-state index < -0.39 is 0 Å². The lowest BCUT2D eigenvalue weighted by Crippen LogP contribution is -2.47. The first-order valence-corrected chi connectivity index (χ1v) is 8.78. The normalized spacial score (nSPS) is 14.3. The number of halogens is 1. The molecule has 1 aliphatic heterocycles.